The minimum atomic E-state index is -0.305. The molecule has 0 bridgehead atoms. The second-order valence-electron chi connectivity index (χ2n) is 6.19. The number of amides is 1. The average molecular weight is 349 g/mol. The lowest BCUT2D eigenvalue weighted by molar-refractivity contribution is -0.140. The van der Waals surface area contributed by atoms with E-state index in [0.717, 1.165) is 25.7 Å². The van der Waals surface area contributed by atoms with E-state index in [1.165, 1.54) is 13.5 Å². The fraction of sp³-hybridized carbons (Fsp3) is 0.579. The van der Waals surface area contributed by atoms with Gasteiger partial charge in [-0.3, -0.25) is 9.59 Å². The number of benzene rings is 1. The molecule has 0 heterocycles. The minimum Gasteiger partial charge on any atom is -0.493 e. The quantitative estimate of drug-likeness (QED) is 0.708. The van der Waals surface area contributed by atoms with Gasteiger partial charge in [0, 0.05) is 18.2 Å². The number of nitrogens with zero attached hydrogens (tertiary/aromatic N) is 1. The first-order valence-corrected chi connectivity index (χ1v) is 8.70. The fourth-order valence-electron chi connectivity index (χ4n) is 3.29. The van der Waals surface area contributed by atoms with E-state index < -0.39 is 0 Å². The van der Waals surface area contributed by atoms with Crippen LogP contribution in [0.5, 0.6) is 11.5 Å². The van der Waals surface area contributed by atoms with Crippen LogP contribution < -0.4 is 9.47 Å². The highest BCUT2D eigenvalue weighted by atomic mass is 16.5. The Hall–Kier alpha value is -2.24. The number of hydrogen-bond acceptors (Lipinski definition) is 5. The number of hydrogen-bond donors (Lipinski definition) is 0. The molecule has 25 heavy (non-hydrogen) atoms. The van der Waals surface area contributed by atoms with Crippen molar-refractivity contribution in [2.45, 2.75) is 44.6 Å². The van der Waals surface area contributed by atoms with E-state index in [0.29, 0.717) is 23.6 Å². The van der Waals surface area contributed by atoms with Gasteiger partial charge in [-0.15, -0.1) is 0 Å². The van der Waals surface area contributed by atoms with Crippen molar-refractivity contribution in [3.05, 3.63) is 23.8 Å². The van der Waals surface area contributed by atoms with Crippen molar-refractivity contribution < 1.29 is 23.8 Å². The van der Waals surface area contributed by atoms with Crippen molar-refractivity contribution in [2.24, 2.45) is 0 Å². The Kier molecular flexibility index (Phi) is 7.10. The molecule has 0 radical (unpaired) electrons. The van der Waals surface area contributed by atoms with Crippen molar-refractivity contribution in [3.63, 3.8) is 0 Å². The summed E-state index contributed by atoms with van der Waals surface area (Å²) >= 11 is 0. The smallest absolute Gasteiger partial charge is 0.307 e. The largest absolute Gasteiger partial charge is 0.493 e. The zero-order valence-electron chi connectivity index (χ0n) is 15.2. The topological polar surface area (TPSA) is 65.1 Å². The molecular formula is C19H27NO5. The number of carbonyl (C=O) groups is 2. The van der Waals surface area contributed by atoms with Crippen LogP contribution in [0.3, 0.4) is 0 Å². The molecule has 1 saturated carbocycles. The molecule has 0 N–H and O–H groups in total. The lowest BCUT2D eigenvalue weighted by atomic mass is 9.93. The highest BCUT2D eigenvalue weighted by Gasteiger charge is 2.27. The van der Waals surface area contributed by atoms with E-state index in [1.54, 1.807) is 32.4 Å². The van der Waals surface area contributed by atoms with Gasteiger partial charge in [-0.25, -0.2) is 0 Å². The lowest BCUT2D eigenvalue weighted by Crippen LogP contribution is -2.42. The van der Waals surface area contributed by atoms with Gasteiger partial charge in [0.15, 0.2) is 11.5 Å². The Balaban J connectivity index is 2.22. The minimum absolute atomic E-state index is 0.0863. The maximum atomic E-state index is 13.1. The number of carbonyl (C=O) groups excluding carboxylic acids is 2. The zero-order valence-corrected chi connectivity index (χ0v) is 15.2. The van der Waals surface area contributed by atoms with E-state index in [2.05, 4.69) is 0 Å². The van der Waals surface area contributed by atoms with Gasteiger partial charge >= 0.3 is 5.97 Å². The first-order chi connectivity index (χ1) is 12.1. The van der Waals surface area contributed by atoms with Crippen molar-refractivity contribution in [2.75, 3.05) is 27.9 Å². The van der Waals surface area contributed by atoms with Gasteiger partial charge in [-0.05, 0) is 31.0 Å². The number of ether oxygens (including phenoxy) is 3. The molecule has 6 heteroatoms. The summed E-state index contributed by atoms with van der Waals surface area (Å²) in [5.41, 5.74) is 0.535. The second kappa shape index (κ2) is 9.30. The van der Waals surface area contributed by atoms with Crippen LogP contribution in [0.25, 0.3) is 0 Å². The van der Waals surface area contributed by atoms with Crippen LogP contribution in [-0.4, -0.2) is 50.7 Å². The number of rotatable bonds is 7. The predicted octanol–water partition coefficient (Wildman–Crippen LogP) is 3.04. The molecule has 0 aromatic heterocycles. The zero-order chi connectivity index (χ0) is 18.2. The molecule has 1 fully saturated rings. The van der Waals surface area contributed by atoms with Crippen molar-refractivity contribution in [3.8, 4) is 11.5 Å². The van der Waals surface area contributed by atoms with Gasteiger partial charge in [0.25, 0.3) is 5.91 Å². The van der Waals surface area contributed by atoms with Crippen molar-refractivity contribution in [1.82, 2.24) is 4.90 Å². The van der Waals surface area contributed by atoms with Gasteiger partial charge < -0.3 is 19.1 Å². The molecule has 0 atom stereocenters. The third-order valence-corrected chi connectivity index (χ3v) is 4.69. The maximum absolute atomic E-state index is 13.1. The molecule has 0 saturated heterocycles. The molecule has 1 aliphatic carbocycles. The molecule has 0 aliphatic heterocycles. The van der Waals surface area contributed by atoms with E-state index in [1.807, 2.05) is 4.90 Å². The average Bonchev–Trinajstić information content (AvgIpc) is 2.67. The standard InChI is InChI=1S/C19H27NO5/c1-23-16-10-9-14(13-17(16)24-2)19(22)20(12-11-18(21)25-3)15-7-5-4-6-8-15/h9-10,13,15H,4-8,11-12H2,1-3H3. The molecule has 1 aromatic carbocycles. The summed E-state index contributed by atoms with van der Waals surface area (Å²) < 4.78 is 15.3. The summed E-state index contributed by atoms with van der Waals surface area (Å²) in [5, 5.41) is 0. The Labute approximate surface area is 149 Å². The van der Waals surface area contributed by atoms with Crippen LogP contribution in [-0.2, 0) is 9.53 Å². The maximum Gasteiger partial charge on any atom is 0.307 e. The molecule has 1 aromatic rings. The molecule has 6 nitrogen and oxygen atoms in total. The molecule has 138 valence electrons. The lowest BCUT2D eigenvalue weighted by Gasteiger charge is -2.34. The molecule has 1 aliphatic rings. The highest BCUT2D eigenvalue weighted by Crippen LogP contribution is 2.30. The third-order valence-electron chi connectivity index (χ3n) is 4.69. The van der Waals surface area contributed by atoms with E-state index >= 15 is 0 Å². The second-order valence-corrected chi connectivity index (χ2v) is 6.19. The highest BCUT2D eigenvalue weighted by molar-refractivity contribution is 5.95. The van der Waals surface area contributed by atoms with Crippen LogP contribution in [0.4, 0.5) is 0 Å². The normalized spacial score (nSPS) is 14.7. The monoisotopic (exact) mass is 349 g/mol. The van der Waals surface area contributed by atoms with Crippen LogP contribution in [0.1, 0.15) is 48.9 Å². The Morgan fingerprint density at radius 3 is 2.32 bits per heavy atom. The summed E-state index contributed by atoms with van der Waals surface area (Å²) in [6.07, 6.45) is 5.57. The third kappa shape index (κ3) is 4.87. The van der Waals surface area contributed by atoms with E-state index in [-0.39, 0.29) is 24.3 Å². The van der Waals surface area contributed by atoms with E-state index in [4.69, 9.17) is 14.2 Å². The number of esters is 1. The van der Waals surface area contributed by atoms with Gasteiger partial charge in [0.2, 0.25) is 0 Å². The Morgan fingerprint density at radius 1 is 1.04 bits per heavy atom. The summed E-state index contributed by atoms with van der Waals surface area (Å²) in [6, 6.07) is 5.32. The summed E-state index contributed by atoms with van der Waals surface area (Å²) in [6.45, 7) is 0.366. The first kappa shape index (κ1) is 19.1. The number of methoxy groups -OCH3 is 3. The van der Waals surface area contributed by atoms with Crippen LogP contribution >= 0.6 is 0 Å². The van der Waals surface area contributed by atoms with Gasteiger partial charge in [-0.1, -0.05) is 19.3 Å². The van der Waals surface area contributed by atoms with Crippen LogP contribution in [0.2, 0.25) is 0 Å². The summed E-state index contributed by atoms with van der Waals surface area (Å²) in [7, 11) is 4.47. The van der Waals surface area contributed by atoms with E-state index in [9.17, 15) is 9.59 Å². The molecule has 2 rings (SSSR count). The molecule has 1 amide bonds. The Bertz CT molecular complexity index is 595. The fourth-order valence-corrected chi connectivity index (χ4v) is 3.29. The van der Waals surface area contributed by atoms with Crippen LogP contribution in [0, 0.1) is 0 Å². The first-order valence-electron chi connectivity index (χ1n) is 8.70. The summed E-state index contributed by atoms with van der Waals surface area (Å²) in [4.78, 5) is 26.5. The van der Waals surface area contributed by atoms with Crippen molar-refractivity contribution in [1.29, 1.82) is 0 Å². The summed E-state index contributed by atoms with van der Waals surface area (Å²) in [5.74, 6) is 0.709. The molecule has 0 spiro atoms. The van der Waals surface area contributed by atoms with Gasteiger partial charge in [-0.2, -0.15) is 0 Å². The van der Waals surface area contributed by atoms with Crippen molar-refractivity contribution >= 4 is 11.9 Å². The van der Waals surface area contributed by atoms with Gasteiger partial charge in [0.05, 0.1) is 27.8 Å². The molecular weight excluding hydrogens is 322 g/mol. The Morgan fingerprint density at radius 2 is 1.72 bits per heavy atom. The van der Waals surface area contributed by atoms with Gasteiger partial charge in [0.1, 0.15) is 0 Å². The molecule has 0 unspecified atom stereocenters. The SMILES string of the molecule is COC(=O)CCN(C(=O)c1ccc(OC)c(OC)c1)C1CCCCC1. The van der Waals surface area contributed by atoms with Crippen LogP contribution in [0.15, 0.2) is 18.2 Å². The predicted molar refractivity (Wildman–Crippen MR) is 94.1 cm³/mol.